The van der Waals surface area contributed by atoms with Gasteiger partial charge in [-0.25, -0.2) is 9.78 Å². The van der Waals surface area contributed by atoms with E-state index in [1.54, 1.807) is 25.4 Å². The highest BCUT2D eigenvalue weighted by atomic mass is 35.5. The molecule has 2 atom stereocenters. The standard InChI is InChI=1S/C26H31Cl2N5O5.C2H6.CH2S/c1-26(2,3)38-25(35)31-16-9-7-8-15(16)30-24-29-12-13-10-14(23(34)33(4)22(13)32-24)19-20(27)17(36-5)11-18(37-6)21(19)28;2*1-2/h10-12,15-16H,7-9H2,1-6H3,(H,31,35)(H,29,30,32);1-2H3;1H2. The van der Waals surface area contributed by atoms with Crippen LogP contribution >= 0.6 is 35.4 Å². The van der Waals surface area contributed by atoms with Gasteiger partial charge in [0.05, 0.1) is 35.9 Å². The van der Waals surface area contributed by atoms with Crippen molar-refractivity contribution >= 4 is 64.4 Å². The molecule has 2 heterocycles. The number of nitrogens with zero attached hydrogens (tertiary/aromatic N) is 3. The number of ether oxygens (including phenoxy) is 3. The Labute approximate surface area is 262 Å². The highest BCUT2D eigenvalue weighted by Gasteiger charge is 2.31. The van der Waals surface area contributed by atoms with Gasteiger partial charge in [0.15, 0.2) is 0 Å². The average molecular weight is 641 g/mol. The number of hydrogen-bond acceptors (Lipinski definition) is 9. The van der Waals surface area contributed by atoms with Crippen LogP contribution in [0.15, 0.2) is 23.1 Å². The second-order valence-electron chi connectivity index (χ2n) is 10.1. The molecular formula is C29H39Cl2N5O5S. The summed E-state index contributed by atoms with van der Waals surface area (Å²) < 4.78 is 17.5. The Hall–Kier alpha value is -3.15. The maximum Gasteiger partial charge on any atom is 0.407 e. The molecule has 1 aromatic carbocycles. The third-order valence-corrected chi connectivity index (χ3v) is 7.07. The number of alkyl carbamates (subject to hydrolysis) is 1. The summed E-state index contributed by atoms with van der Waals surface area (Å²) in [7, 11) is 4.56. The van der Waals surface area contributed by atoms with Crippen molar-refractivity contribution in [3.8, 4) is 22.6 Å². The third kappa shape index (κ3) is 8.02. The fraction of sp³-hybridized carbons (Fsp3) is 0.483. The predicted octanol–water partition coefficient (Wildman–Crippen LogP) is 6.82. The van der Waals surface area contributed by atoms with E-state index in [9.17, 15) is 9.59 Å². The molecule has 2 aromatic heterocycles. The lowest BCUT2D eigenvalue weighted by molar-refractivity contribution is 0.0503. The highest BCUT2D eigenvalue weighted by molar-refractivity contribution is 7.77. The fourth-order valence-electron chi connectivity index (χ4n) is 4.55. The quantitative estimate of drug-likeness (QED) is 0.280. The van der Waals surface area contributed by atoms with Gasteiger partial charge in [0.2, 0.25) is 5.95 Å². The maximum absolute atomic E-state index is 13.5. The Balaban J connectivity index is 0.00000148. The summed E-state index contributed by atoms with van der Waals surface area (Å²) in [4.78, 5) is 34.8. The minimum atomic E-state index is -0.582. The first-order valence-corrected chi connectivity index (χ1v) is 14.8. The summed E-state index contributed by atoms with van der Waals surface area (Å²) in [5.41, 5.74) is 0.0473. The molecule has 1 fully saturated rings. The number of carbonyl (C=O) groups excluding carboxylic acids is 1. The van der Waals surface area contributed by atoms with Gasteiger partial charge in [0.1, 0.15) is 22.7 Å². The number of fused-ring (bicyclic) bond motifs is 1. The molecule has 10 nitrogen and oxygen atoms in total. The Morgan fingerprint density at radius 2 is 1.64 bits per heavy atom. The van der Waals surface area contributed by atoms with Crippen LogP contribution in [0.3, 0.4) is 0 Å². The minimum absolute atomic E-state index is 0.0851. The fourth-order valence-corrected chi connectivity index (χ4v) is 5.25. The number of halogens is 2. The number of methoxy groups -OCH3 is 2. The molecule has 4 rings (SSSR count). The molecule has 0 saturated heterocycles. The van der Waals surface area contributed by atoms with Crippen molar-refractivity contribution in [1.82, 2.24) is 19.9 Å². The van der Waals surface area contributed by atoms with Gasteiger partial charge >= 0.3 is 6.09 Å². The number of thiocarbonyl (C=S) groups is 1. The summed E-state index contributed by atoms with van der Waals surface area (Å²) in [6.45, 7) is 9.47. The van der Waals surface area contributed by atoms with E-state index in [1.165, 1.54) is 18.8 Å². The van der Waals surface area contributed by atoms with E-state index in [1.807, 2.05) is 34.6 Å². The topological polar surface area (TPSA) is 117 Å². The Bertz CT molecular complexity index is 1430. The van der Waals surface area contributed by atoms with Crippen LogP contribution in [0.2, 0.25) is 10.0 Å². The zero-order valence-corrected chi connectivity index (χ0v) is 27.6. The number of rotatable bonds is 6. The maximum atomic E-state index is 13.5. The lowest BCUT2D eigenvalue weighted by atomic mass is 10.0. The number of amides is 1. The molecule has 0 radical (unpaired) electrons. The molecule has 1 aliphatic carbocycles. The van der Waals surface area contributed by atoms with Crippen LogP contribution in [-0.2, 0) is 11.8 Å². The van der Waals surface area contributed by atoms with E-state index in [0.29, 0.717) is 34.0 Å². The van der Waals surface area contributed by atoms with E-state index in [4.69, 9.17) is 37.4 Å². The molecule has 13 heteroatoms. The van der Waals surface area contributed by atoms with Crippen LogP contribution in [-0.4, -0.2) is 58.4 Å². The molecule has 1 amide bonds. The van der Waals surface area contributed by atoms with Crippen molar-refractivity contribution in [2.24, 2.45) is 7.05 Å². The van der Waals surface area contributed by atoms with Crippen LogP contribution in [0.1, 0.15) is 53.9 Å². The number of carbonyl (C=O) groups is 1. The molecule has 0 aliphatic heterocycles. The van der Waals surface area contributed by atoms with Crippen molar-refractivity contribution < 1.29 is 19.0 Å². The molecule has 1 saturated carbocycles. The molecule has 0 bridgehead atoms. The number of aromatic nitrogens is 3. The predicted molar refractivity (Wildman–Crippen MR) is 174 cm³/mol. The van der Waals surface area contributed by atoms with Gasteiger partial charge in [-0.1, -0.05) is 49.3 Å². The van der Waals surface area contributed by atoms with E-state index >= 15 is 0 Å². The van der Waals surface area contributed by atoms with Crippen molar-refractivity contribution in [2.75, 3.05) is 19.5 Å². The zero-order valence-electron chi connectivity index (χ0n) is 25.3. The number of nitrogens with one attached hydrogen (secondary N) is 2. The van der Waals surface area contributed by atoms with Crippen LogP contribution in [0.25, 0.3) is 22.2 Å². The SMILES string of the molecule is C=S.CC.COc1cc(OC)c(Cl)c(-c2cc3cnc(NC4CCCC4NC(=O)OC(C)(C)C)nc3n(C)c2=O)c1Cl. The first kappa shape index (κ1) is 35.0. The molecule has 42 heavy (non-hydrogen) atoms. The van der Waals surface area contributed by atoms with Crippen LogP contribution < -0.4 is 25.7 Å². The molecule has 1 aliphatic rings. The summed E-state index contributed by atoms with van der Waals surface area (Å²) in [6, 6.07) is 2.99. The minimum Gasteiger partial charge on any atom is -0.495 e. The first-order valence-electron chi connectivity index (χ1n) is 13.5. The lowest BCUT2D eigenvalue weighted by Gasteiger charge is -2.25. The molecular weight excluding hydrogens is 601 g/mol. The number of anilines is 1. The molecule has 0 spiro atoms. The monoisotopic (exact) mass is 639 g/mol. The largest absolute Gasteiger partial charge is 0.495 e. The summed E-state index contributed by atoms with van der Waals surface area (Å²) in [5.74, 6) is 3.83. The summed E-state index contributed by atoms with van der Waals surface area (Å²) in [5, 5.41) is 7.24. The number of aryl methyl sites for hydroxylation is 1. The van der Waals surface area contributed by atoms with Gasteiger partial charge in [-0.15, -0.1) is 0 Å². The number of hydrogen-bond donors (Lipinski definition) is 2. The Kier molecular flexibility index (Phi) is 12.8. The second kappa shape index (κ2) is 15.4. The van der Waals surface area contributed by atoms with Crippen molar-refractivity contribution in [3.05, 3.63) is 38.7 Å². The number of pyridine rings is 1. The van der Waals surface area contributed by atoms with E-state index in [0.717, 1.165) is 19.3 Å². The van der Waals surface area contributed by atoms with Gasteiger partial charge < -0.3 is 24.8 Å². The molecule has 230 valence electrons. The van der Waals surface area contributed by atoms with Crippen LogP contribution in [0.4, 0.5) is 10.7 Å². The summed E-state index contributed by atoms with van der Waals surface area (Å²) in [6.07, 6.45) is 3.72. The van der Waals surface area contributed by atoms with Crippen LogP contribution in [0, 0.1) is 0 Å². The smallest absolute Gasteiger partial charge is 0.407 e. The third-order valence-electron chi connectivity index (χ3n) is 6.32. The van der Waals surface area contributed by atoms with E-state index < -0.39 is 11.7 Å². The Morgan fingerprint density at radius 3 is 2.19 bits per heavy atom. The normalized spacial score (nSPS) is 16.0. The molecule has 2 unspecified atom stereocenters. The van der Waals surface area contributed by atoms with Crippen molar-refractivity contribution in [1.29, 1.82) is 0 Å². The van der Waals surface area contributed by atoms with Gasteiger partial charge in [0, 0.05) is 36.3 Å². The zero-order chi connectivity index (χ0) is 31.8. The lowest BCUT2D eigenvalue weighted by Crippen LogP contribution is -2.45. The average Bonchev–Trinajstić information content (AvgIpc) is 3.39. The van der Waals surface area contributed by atoms with E-state index in [-0.39, 0.29) is 33.3 Å². The van der Waals surface area contributed by atoms with Gasteiger partial charge in [-0.2, -0.15) is 4.98 Å². The summed E-state index contributed by atoms with van der Waals surface area (Å²) >= 11 is 17.0. The van der Waals surface area contributed by atoms with Crippen molar-refractivity contribution in [2.45, 2.75) is 71.6 Å². The van der Waals surface area contributed by atoms with E-state index in [2.05, 4.69) is 38.7 Å². The molecule has 3 aromatic rings. The Morgan fingerprint density at radius 1 is 1.07 bits per heavy atom. The number of benzene rings is 1. The van der Waals surface area contributed by atoms with Gasteiger partial charge in [0.25, 0.3) is 5.56 Å². The van der Waals surface area contributed by atoms with Crippen molar-refractivity contribution in [3.63, 3.8) is 0 Å². The first-order chi connectivity index (χ1) is 19.9. The molecule has 2 N–H and O–H groups in total. The second-order valence-corrected chi connectivity index (χ2v) is 10.9. The van der Waals surface area contributed by atoms with Crippen LogP contribution in [0.5, 0.6) is 11.5 Å². The van der Waals surface area contributed by atoms with Gasteiger partial charge in [-0.05, 0) is 52.0 Å². The van der Waals surface area contributed by atoms with Gasteiger partial charge in [-0.3, -0.25) is 9.36 Å². The highest BCUT2D eigenvalue weighted by Crippen LogP contribution is 2.45.